The zero-order valence-electron chi connectivity index (χ0n) is 13.3. The molecule has 0 aliphatic carbocycles. The highest BCUT2D eigenvalue weighted by Crippen LogP contribution is 2.23. The molecule has 0 amide bonds. The van der Waals surface area contributed by atoms with Crippen molar-refractivity contribution in [1.82, 2.24) is 4.72 Å². The molecule has 0 radical (unpaired) electrons. The lowest BCUT2D eigenvalue weighted by Gasteiger charge is -2.25. The molecule has 0 unspecified atom stereocenters. The number of anilines is 1. The van der Waals surface area contributed by atoms with Crippen LogP contribution in [-0.2, 0) is 10.0 Å². The Morgan fingerprint density at radius 2 is 1.71 bits per heavy atom. The minimum atomic E-state index is -3.69. The average molecular weight is 316 g/mol. The quantitative estimate of drug-likeness (QED) is 0.793. The molecular formula is C15H25FN2O2S. The summed E-state index contributed by atoms with van der Waals surface area (Å²) in [4.78, 5) is 0.0349. The molecule has 0 bridgehead atoms. The van der Waals surface area contributed by atoms with Crippen LogP contribution in [0.3, 0.4) is 0 Å². The van der Waals surface area contributed by atoms with Gasteiger partial charge in [0.25, 0.3) is 0 Å². The Labute approximate surface area is 127 Å². The molecule has 0 heterocycles. The van der Waals surface area contributed by atoms with Gasteiger partial charge in [-0.05, 0) is 42.4 Å². The van der Waals surface area contributed by atoms with E-state index in [1.165, 1.54) is 6.07 Å². The number of hydrogen-bond donors (Lipinski definition) is 2. The van der Waals surface area contributed by atoms with Gasteiger partial charge in [-0.15, -0.1) is 0 Å². The van der Waals surface area contributed by atoms with Gasteiger partial charge >= 0.3 is 0 Å². The Morgan fingerprint density at radius 3 is 2.19 bits per heavy atom. The van der Waals surface area contributed by atoms with Crippen LogP contribution < -0.4 is 10.5 Å². The summed E-state index contributed by atoms with van der Waals surface area (Å²) in [5.74, 6) is 0.366. The van der Waals surface area contributed by atoms with Crippen LogP contribution in [-0.4, -0.2) is 15.0 Å². The third-order valence-electron chi connectivity index (χ3n) is 3.81. The third kappa shape index (κ3) is 4.41. The van der Waals surface area contributed by atoms with E-state index in [1.54, 1.807) is 6.92 Å². The molecule has 21 heavy (non-hydrogen) atoms. The molecule has 1 aromatic rings. The van der Waals surface area contributed by atoms with Gasteiger partial charge in [0.05, 0.1) is 10.6 Å². The Bertz CT molecular complexity index is 590. The molecule has 4 nitrogen and oxygen atoms in total. The van der Waals surface area contributed by atoms with Crippen molar-refractivity contribution in [2.75, 3.05) is 12.3 Å². The van der Waals surface area contributed by atoms with Crippen LogP contribution in [0.5, 0.6) is 0 Å². The van der Waals surface area contributed by atoms with Crippen molar-refractivity contribution in [3.63, 3.8) is 0 Å². The van der Waals surface area contributed by atoms with E-state index in [2.05, 4.69) is 32.4 Å². The molecule has 0 spiro atoms. The molecule has 0 atom stereocenters. The monoisotopic (exact) mass is 316 g/mol. The van der Waals surface area contributed by atoms with Gasteiger partial charge in [-0.25, -0.2) is 17.5 Å². The molecular weight excluding hydrogens is 291 g/mol. The maximum Gasteiger partial charge on any atom is 0.240 e. The number of nitrogens with one attached hydrogen (secondary N) is 1. The lowest BCUT2D eigenvalue weighted by molar-refractivity contribution is 0.289. The zero-order chi connectivity index (χ0) is 16.4. The number of hydrogen-bond acceptors (Lipinski definition) is 3. The topological polar surface area (TPSA) is 72.2 Å². The smallest absolute Gasteiger partial charge is 0.240 e. The molecule has 0 aliphatic heterocycles. The molecule has 0 aliphatic rings. The highest BCUT2D eigenvalue weighted by Gasteiger charge is 2.23. The summed E-state index contributed by atoms with van der Waals surface area (Å²) in [6.07, 6.45) is 0. The molecule has 0 saturated heterocycles. The Kier molecular flexibility index (Phi) is 5.75. The third-order valence-corrected chi connectivity index (χ3v) is 5.37. The number of sulfonamides is 1. The normalized spacial score (nSPS) is 12.6. The van der Waals surface area contributed by atoms with Crippen LogP contribution in [0.25, 0.3) is 0 Å². The average Bonchev–Trinajstić information content (AvgIpc) is 2.32. The second kappa shape index (κ2) is 6.75. The van der Waals surface area contributed by atoms with Crippen molar-refractivity contribution in [1.29, 1.82) is 0 Å². The van der Waals surface area contributed by atoms with E-state index in [-0.39, 0.29) is 16.5 Å². The lowest BCUT2D eigenvalue weighted by Crippen LogP contribution is -2.34. The molecule has 6 heteroatoms. The minimum Gasteiger partial charge on any atom is -0.396 e. The van der Waals surface area contributed by atoms with Crippen LogP contribution in [0.4, 0.5) is 10.1 Å². The Hall–Kier alpha value is -1.14. The van der Waals surface area contributed by atoms with Crippen LogP contribution in [0.2, 0.25) is 0 Å². The lowest BCUT2D eigenvalue weighted by atomic mass is 9.86. The van der Waals surface area contributed by atoms with Crippen LogP contribution >= 0.6 is 0 Å². The van der Waals surface area contributed by atoms with Gasteiger partial charge in [0.2, 0.25) is 10.0 Å². The summed E-state index contributed by atoms with van der Waals surface area (Å²) in [6, 6.07) is 2.32. The second-order valence-electron chi connectivity index (χ2n) is 6.14. The van der Waals surface area contributed by atoms with Gasteiger partial charge in [0, 0.05) is 6.54 Å². The first-order valence-electron chi connectivity index (χ1n) is 7.11. The van der Waals surface area contributed by atoms with Crippen molar-refractivity contribution in [3.05, 3.63) is 23.5 Å². The van der Waals surface area contributed by atoms with Crippen LogP contribution in [0.15, 0.2) is 17.0 Å². The van der Waals surface area contributed by atoms with Gasteiger partial charge in [-0.1, -0.05) is 27.7 Å². The zero-order valence-corrected chi connectivity index (χ0v) is 14.1. The van der Waals surface area contributed by atoms with Crippen LogP contribution in [0, 0.1) is 30.5 Å². The van der Waals surface area contributed by atoms with Crippen molar-refractivity contribution in [3.8, 4) is 0 Å². The first kappa shape index (κ1) is 17.9. The maximum atomic E-state index is 13.3. The predicted molar refractivity (Wildman–Crippen MR) is 83.9 cm³/mol. The van der Waals surface area contributed by atoms with Gasteiger partial charge in [-0.3, -0.25) is 0 Å². The van der Waals surface area contributed by atoms with E-state index in [9.17, 15) is 12.8 Å². The molecule has 0 fully saturated rings. The fourth-order valence-electron chi connectivity index (χ4n) is 2.48. The van der Waals surface area contributed by atoms with Crippen molar-refractivity contribution >= 4 is 15.7 Å². The highest BCUT2D eigenvalue weighted by atomic mass is 32.2. The highest BCUT2D eigenvalue weighted by molar-refractivity contribution is 7.89. The number of rotatable bonds is 6. The summed E-state index contributed by atoms with van der Waals surface area (Å²) < 4.78 is 40.7. The van der Waals surface area contributed by atoms with Gasteiger partial charge in [0.1, 0.15) is 5.82 Å². The number of aryl methyl sites for hydroxylation is 1. The van der Waals surface area contributed by atoms with Gasteiger partial charge < -0.3 is 5.73 Å². The van der Waals surface area contributed by atoms with E-state index in [0.717, 1.165) is 6.07 Å². The number of nitrogens with two attached hydrogens (primary N) is 1. The van der Waals surface area contributed by atoms with E-state index >= 15 is 0 Å². The summed E-state index contributed by atoms with van der Waals surface area (Å²) in [5.41, 5.74) is 5.66. The van der Waals surface area contributed by atoms with Crippen molar-refractivity contribution in [2.24, 2.45) is 17.8 Å². The number of benzene rings is 1. The molecule has 120 valence electrons. The molecule has 1 rings (SSSR count). The Morgan fingerprint density at radius 1 is 1.19 bits per heavy atom. The summed E-state index contributed by atoms with van der Waals surface area (Å²) in [7, 11) is -3.69. The van der Waals surface area contributed by atoms with Crippen LogP contribution in [0.1, 0.15) is 33.3 Å². The fraction of sp³-hybridized carbons (Fsp3) is 0.600. The van der Waals surface area contributed by atoms with Crippen molar-refractivity contribution < 1.29 is 12.8 Å². The minimum absolute atomic E-state index is 0.0349. The number of halogens is 1. The Balaban J connectivity index is 3.00. The second-order valence-corrected chi connectivity index (χ2v) is 7.88. The number of nitrogen functional groups attached to an aromatic ring is 1. The van der Waals surface area contributed by atoms with Gasteiger partial charge in [0.15, 0.2) is 0 Å². The molecule has 1 aromatic carbocycles. The maximum absolute atomic E-state index is 13.3. The summed E-state index contributed by atoms with van der Waals surface area (Å²) in [5, 5.41) is 0. The molecule has 0 aromatic heterocycles. The van der Waals surface area contributed by atoms with Crippen molar-refractivity contribution in [2.45, 2.75) is 39.5 Å². The summed E-state index contributed by atoms with van der Waals surface area (Å²) in [6.45, 7) is 10.2. The SMILES string of the molecule is Cc1cc(F)c(N)cc1S(=O)(=O)NCC(C(C)C)C(C)C. The van der Waals surface area contributed by atoms with E-state index < -0.39 is 15.8 Å². The molecule has 3 N–H and O–H groups in total. The standard InChI is InChI=1S/C15H25FN2O2S/c1-9(2)12(10(3)4)8-18-21(19,20)15-7-14(17)13(16)6-11(15)5/h6-7,9-10,12,18H,8,17H2,1-5H3. The first-order chi connectivity index (χ1) is 9.56. The largest absolute Gasteiger partial charge is 0.396 e. The van der Waals surface area contributed by atoms with E-state index in [0.29, 0.717) is 23.9 Å². The van der Waals surface area contributed by atoms with E-state index in [1.807, 2.05) is 0 Å². The fourth-order valence-corrected chi connectivity index (χ4v) is 3.82. The first-order valence-corrected chi connectivity index (χ1v) is 8.59. The predicted octanol–water partition coefficient (Wildman–Crippen LogP) is 2.92. The van der Waals surface area contributed by atoms with Gasteiger partial charge in [-0.2, -0.15) is 0 Å². The summed E-state index contributed by atoms with van der Waals surface area (Å²) >= 11 is 0. The molecule has 0 saturated carbocycles. The van der Waals surface area contributed by atoms with E-state index in [4.69, 9.17) is 5.73 Å².